The van der Waals surface area contributed by atoms with Crippen molar-refractivity contribution < 1.29 is 0 Å². The zero-order valence-electron chi connectivity index (χ0n) is 8.57. The first-order valence-corrected chi connectivity index (χ1v) is 4.59. The van der Waals surface area contributed by atoms with Gasteiger partial charge in [0.15, 0.2) is 0 Å². The monoisotopic (exact) mass is 168 g/mol. The van der Waals surface area contributed by atoms with Gasteiger partial charge in [-0.2, -0.15) is 0 Å². The van der Waals surface area contributed by atoms with Crippen molar-refractivity contribution in [2.75, 3.05) is 6.54 Å². The molecule has 0 saturated carbocycles. The molecular weight excluding hydrogens is 148 g/mol. The topological polar surface area (TPSA) is 24.1 Å². The molecule has 70 valence electrons. The van der Waals surface area contributed by atoms with Crippen molar-refractivity contribution in [2.45, 2.75) is 39.7 Å². The molecule has 0 saturated heterocycles. The number of hydrogen-bond acceptors (Lipinski definition) is 2. The van der Waals surface area contributed by atoms with Gasteiger partial charge in [-0.15, -0.1) is 0 Å². The average molecular weight is 168 g/mol. The molecule has 12 heavy (non-hydrogen) atoms. The molecule has 0 spiro atoms. The van der Waals surface area contributed by atoms with Crippen molar-refractivity contribution in [1.82, 2.24) is 10.9 Å². The summed E-state index contributed by atoms with van der Waals surface area (Å²) >= 11 is 0. The quantitative estimate of drug-likeness (QED) is 0.539. The van der Waals surface area contributed by atoms with E-state index < -0.39 is 0 Å². The van der Waals surface area contributed by atoms with Crippen molar-refractivity contribution in [3.63, 3.8) is 0 Å². The molecule has 2 heteroatoms. The van der Waals surface area contributed by atoms with Gasteiger partial charge in [0.2, 0.25) is 0 Å². The molecule has 0 aliphatic carbocycles. The van der Waals surface area contributed by atoms with Gasteiger partial charge in [0.05, 0.1) is 0 Å². The van der Waals surface area contributed by atoms with Crippen LogP contribution in [0.1, 0.15) is 34.1 Å². The van der Waals surface area contributed by atoms with Gasteiger partial charge in [0, 0.05) is 12.1 Å². The van der Waals surface area contributed by atoms with E-state index in [0.29, 0.717) is 0 Å². The molecule has 0 atom stereocenters. The number of rotatable bonds is 0. The van der Waals surface area contributed by atoms with Gasteiger partial charge < -0.3 is 0 Å². The Balaban J connectivity index is 2.63. The van der Waals surface area contributed by atoms with Crippen LogP contribution in [-0.2, 0) is 0 Å². The van der Waals surface area contributed by atoms with E-state index in [4.69, 9.17) is 0 Å². The van der Waals surface area contributed by atoms with Crippen LogP contribution in [0.15, 0.2) is 12.2 Å². The lowest BCUT2D eigenvalue weighted by atomic mass is 9.90. The van der Waals surface area contributed by atoms with Crippen LogP contribution in [0.5, 0.6) is 0 Å². The molecule has 0 aromatic heterocycles. The van der Waals surface area contributed by atoms with E-state index in [9.17, 15) is 0 Å². The molecule has 0 unspecified atom stereocenters. The van der Waals surface area contributed by atoms with E-state index in [-0.39, 0.29) is 11.0 Å². The van der Waals surface area contributed by atoms with Gasteiger partial charge in [-0.25, -0.2) is 0 Å². The van der Waals surface area contributed by atoms with Crippen LogP contribution < -0.4 is 10.9 Å². The zero-order chi connectivity index (χ0) is 9.24. The highest BCUT2D eigenvalue weighted by Gasteiger charge is 2.21. The van der Waals surface area contributed by atoms with Gasteiger partial charge in [-0.05, 0) is 25.7 Å². The maximum Gasteiger partial charge on any atom is 0.0301 e. The Labute approximate surface area is 75.4 Å². The van der Waals surface area contributed by atoms with Crippen LogP contribution >= 0.6 is 0 Å². The Morgan fingerprint density at radius 3 is 2.50 bits per heavy atom. The van der Waals surface area contributed by atoms with E-state index in [2.05, 4.69) is 50.7 Å². The summed E-state index contributed by atoms with van der Waals surface area (Å²) in [6, 6.07) is 0. The molecule has 0 bridgehead atoms. The predicted octanol–water partition coefficient (Wildman–Crippen LogP) is 1.85. The smallest absolute Gasteiger partial charge is 0.0301 e. The minimum absolute atomic E-state index is 0.174. The molecule has 0 fully saturated rings. The maximum atomic E-state index is 3.32. The molecule has 1 aliphatic heterocycles. The van der Waals surface area contributed by atoms with Crippen LogP contribution in [0.4, 0.5) is 0 Å². The summed E-state index contributed by atoms with van der Waals surface area (Å²) in [5, 5.41) is 0. The van der Waals surface area contributed by atoms with E-state index in [1.807, 2.05) is 0 Å². The normalized spacial score (nSPS) is 30.3. The van der Waals surface area contributed by atoms with Crippen molar-refractivity contribution in [3.05, 3.63) is 12.2 Å². The highest BCUT2D eigenvalue weighted by Crippen LogP contribution is 2.19. The van der Waals surface area contributed by atoms with Gasteiger partial charge in [-0.3, -0.25) is 10.9 Å². The lowest BCUT2D eigenvalue weighted by molar-refractivity contribution is 0.284. The molecule has 1 rings (SSSR count). The number of hydrazine groups is 1. The Morgan fingerprint density at radius 1 is 1.17 bits per heavy atom. The van der Waals surface area contributed by atoms with Crippen LogP contribution in [0.3, 0.4) is 0 Å². The summed E-state index contributed by atoms with van der Waals surface area (Å²) in [7, 11) is 0. The van der Waals surface area contributed by atoms with Crippen LogP contribution in [0.25, 0.3) is 0 Å². The van der Waals surface area contributed by atoms with Crippen molar-refractivity contribution in [2.24, 2.45) is 5.41 Å². The molecule has 0 amide bonds. The van der Waals surface area contributed by atoms with Crippen LogP contribution in [0, 0.1) is 5.41 Å². The average Bonchev–Trinajstić information content (AvgIpc) is 1.82. The third kappa shape index (κ3) is 2.95. The number of nitrogens with one attached hydrogen (secondary N) is 2. The molecule has 2 N–H and O–H groups in total. The SMILES string of the molecule is CC1(C)/C=C\CC(C)(C)NNC1. The molecule has 0 radical (unpaired) electrons. The summed E-state index contributed by atoms with van der Waals surface area (Å²) in [6.07, 6.45) is 5.64. The molecule has 1 aliphatic rings. The fraction of sp³-hybridized carbons (Fsp3) is 0.800. The van der Waals surface area contributed by atoms with E-state index in [1.165, 1.54) is 0 Å². The summed E-state index contributed by atoms with van der Waals surface area (Å²) in [6.45, 7) is 9.84. The van der Waals surface area contributed by atoms with Crippen molar-refractivity contribution in [1.29, 1.82) is 0 Å². The van der Waals surface area contributed by atoms with Gasteiger partial charge in [-0.1, -0.05) is 26.0 Å². The third-order valence-electron chi connectivity index (χ3n) is 2.17. The maximum absolute atomic E-state index is 3.32. The molecular formula is C10H20N2. The highest BCUT2D eigenvalue weighted by molar-refractivity contribution is 5.01. The second-order valence-electron chi connectivity index (χ2n) is 4.96. The van der Waals surface area contributed by atoms with Gasteiger partial charge >= 0.3 is 0 Å². The fourth-order valence-corrected chi connectivity index (χ4v) is 1.29. The largest absolute Gasteiger partial charge is 0.256 e. The summed E-state index contributed by atoms with van der Waals surface area (Å²) < 4.78 is 0. The second-order valence-corrected chi connectivity index (χ2v) is 4.96. The molecule has 0 aromatic carbocycles. The van der Waals surface area contributed by atoms with Crippen LogP contribution in [0.2, 0.25) is 0 Å². The number of hydrogen-bond donors (Lipinski definition) is 2. The van der Waals surface area contributed by atoms with E-state index >= 15 is 0 Å². The predicted molar refractivity (Wildman–Crippen MR) is 52.8 cm³/mol. The van der Waals surface area contributed by atoms with Gasteiger partial charge in [0.1, 0.15) is 0 Å². The third-order valence-corrected chi connectivity index (χ3v) is 2.17. The Kier molecular flexibility index (Phi) is 2.59. The lowest BCUT2D eigenvalue weighted by Crippen LogP contribution is -2.51. The van der Waals surface area contributed by atoms with Crippen molar-refractivity contribution in [3.8, 4) is 0 Å². The second kappa shape index (κ2) is 3.19. The Hall–Kier alpha value is -0.340. The minimum atomic E-state index is 0.174. The first kappa shape index (κ1) is 9.75. The Bertz CT molecular complexity index is 180. The first-order chi connectivity index (χ1) is 5.41. The highest BCUT2D eigenvalue weighted by atomic mass is 15.4. The summed E-state index contributed by atoms with van der Waals surface area (Å²) in [5.41, 5.74) is 7.02. The zero-order valence-corrected chi connectivity index (χ0v) is 8.57. The minimum Gasteiger partial charge on any atom is -0.256 e. The lowest BCUT2D eigenvalue weighted by Gasteiger charge is -2.31. The molecule has 2 nitrogen and oxygen atoms in total. The van der Waals surface area contributed by atoms with E-state index in [0.717, 1.165) is 13.0 Å². The van der Waals surface area contributed by atoms with Crippen molar-refractivity contribution >= 4 is 0 Å². The summed E-state index contributed by atoms with van der Waals surface area (Å²) in [4.78, 5) is 0. The summed E-state index contributed by atoms with van der Waals surface area (Å²) in [5.74, 6) is 0. The van der Waals surface area contributed by atoms with Crippen LogP contribution in [-0.4, -0.2) is 12.1 Å². The van der Waals surface area contributed by atoms with Gasteiger partial charge in [0.25, 0.3) is 0 Å². The Morgan fingerprint density at radius 2 is 1.83 bits per heavy atom. The molecule has 1 heterocycles. The van der Waals surface area contributed by atoms with E-state index in [1.54, 1.807) is 0 Å². The fourth-order valence-electron chi connectivity index (χ4n) is 1.29. The molecule has 0 aromatic rings. The standard InChI is InChI=1S/C10H20N2/c1-9(2)6-5-7-10(3,4)12-11-8-9/h5-6,11-12H,7-8H2,1-4H3/b6-5-. The first-order valence-electron chi connectivity index (χ1n) is 4.59.